The van der Waals surface area contributed by atoms with Crippen molar-refractivity contribution in [3.05, 3.63) is 84.2 Å². The molecule has 0 aliphatic heterocycles. The maximum atomic E-state index is 13.7. The first-order valence-electron chi connectivity index (χ1n) is 8.32. The molecule has 0 spiro atoms. The highest BCUT2D eigenvalue weighted by atomic mass is 19.1. The van der Waals surface area contributed by atoms with Gasteiger partial charge in [-0.15, -0.1) is 0 Å². The van der Waals surface area contributed by atoms with Gasteiger partial charge in [-0.25, -0.2) is 4.39 Å². The van der Waals surface area contributed by atoms with Crippen LogP contribution in [0.2, 0.25) is 0 Å². The second-order valence-electron chi connectivity index (χ2n) is 5.90. The summed E-state index contributed by atoms with van der Waals surface area (Å²) in [6, 6.07) is 20.8. The van der Waals surface area contributed by atoms with E-state index in [1.54, 1.807) is 12.1 Å². The molecule has 0 unspecified atom stereocenters. The molecule has 3 aromatic carbocycles. The number of carbonyl (C=O) groups is 2. The predicted molar refractivity (Wildman–Crippen MR) is 105 cm³/mol. The minimum absolute atomic E-state index is 0.0300. The van der Waals surface area contributed by atoms with E-state index >= 15 is 0 Å². The number of benzene rings is 3. The fraction of sp³-hybridized carbons (Fsp3) is 0.0476. The van der Waals surface area contributed by atoms with Gasteiger partial charge in [0.15, 0.2) is 0 Å². The monoisotopic (exact) mass is 363 g/mol. The van der Waals surface area contributed by atoms with Gasteiger partial charge >= 0.3 is 0 Å². The van der Waals surface area contributed by atoms with Crippen molar-refractivity contribution < 1.29 is 14.0 Å². The van der Waals surface area contributed by atoms with Crippen molar-refractivity contribution in [2.45, 2.75) is 6.92 Å². The first kappa shape index (κ1) is 18.1. The Morgan fingerprint density at radius 3 is 2.07 bits per heavy atom. The summed E-state index contributed by atoms with van der Waals surface area (Å²) in [6.07, 6.45) is 0. The van der Waals surface area contributed by atoms with Crippen LogP contribution in [0.1, 0.15) is 17.3 Å². The minimum atomic E-state index is -0.599. The van der Waals surface area contributed by atoms with Crippen molar-refractivity contribution in [1.29, 1.82) is 0 Å². The number of hydrogen-bond donors (Lipinski definition) is 3. The van der Waals surface area contributed by atoms with Gasteiger partial charge in [-0.2, -0.15) is 0 Å². The number of amides is 2. The minimum Gasteiger partial charge on any atom is -0.356 e. The lowest BCUT2D eigenvalue weighted by atomic mass is 10.1. The molecule has 0 aliphatic carbocycles. The summed E-state index contributed by atoms with van der Waals surface area (Å²) in [7, 11) is 0. The lowest BCUT2D eigenvalue weighted by Gasteiger charge is -2.10. The van der Waals surface area contributed by atoms with Crippen molar-refractivity contribution in [3.8, 4) is 0 Å². The van der Waals surface area contributed by atoms with Crippen molar-refractivity contribution >= 4 is 34.6 Å². The number of rotatable bonds is 5. The second-order valence-corrected chi connectivity index (χ2v) is 5.90. The summed E-state index contributed by atoms with van der Waals surface area (Å²) in [5, 5.41) is 8.36. The van der Waals surface area contributed by atoms with Crippen LogP contribution in [0.3, 0.4) is 0 Å². The van der Waals surface area contributed by atoms with Crippen molar-refractivity contribution in [3.63, 3.8) is 0 Å². The number of halogens is 1. The Balaban J connectivity index is 1.68. The molecule has 27 heavy (non-hydrogen) atoms. The molecule has 0 atom stereocenters. The molecule has 5 nitrogen and oxygen atoms in total. The van der Waals surface area contributed by atoms with Crippen molar-refractivity contribution in [1.82, 2.24) is 0 Å². The molecule has 0 aromatic heterocycles. The average molecular weight is 363 g/mol. The van der Waals surface area contributed by atoms with Crippen LogP contribution < -0.4 is 16.0 Å². The van der Waals surface area contributed by atoms with E-state index in [0.717, 1.165) is 17.4 Å². The van der Waals surface area contributed by atoms with Crippen LogP contribution in [0.15, 0.2) is 72.8 Å². The zero-order valence-electron chi connectivity index (χ0n) is 14.6. The molecule has 0 saturated carbocycles. The molecule has 0 heterocycles. The van der Waals surface area contributed by atoms with Crippen LogP contribution in [-0.2, 0) is 4.79 Å². The molecule has 0 radical (unpaired) electrons. The van der Waals surface area contributed by atoms with E-state index in [1.807, 2.05) is 42.5 Å². The Kier molecular flexibility index (Phi) is 5.47. The lowest BCUT2D eigenvalue weighted by Crippen LogP contribution is -2.14. The third-order valence-corrected chi connectivity index (χ3v) is 3.74. The molecule has 3 N–H and O–H groups in total. The number of anilines is 4. The van der Waals surface area contributed by atoms with E-state index in [-0.39, 0.29) is 11.3 Å². The van der Waals surface area contributed by atoms with Crippen molar-refractivity contribution in [2.24, 2.45) is 0 Å². The molecule has 3 aromatic rings. The number of para-hydroxylation sites is 1. The number of nitrogens with one attached hydrogen (secondary N) is 3. The maximum absolute atomic E-state index is 13.7. The first-order valence-corrected chi connectivity index (χ1v) is 8.32. The fourth-order valence-corrected chi connectivity index (χ4v) is 2.48. The summed E-state index contributed by atoms with van der Waals surface area (Å²) in [6.45, 7) is 1.28. The highest BCUT2D eigenvalue weighted by molar-refractivity contribution is 6.05. The van der Waals surface area contributed by atoms with Crippen LogP contribution in [-0.4, -0.2) is 11.8 Å². The molecule has 136 valence electrons. The molecule has 3 rings (SSSR count). The molecule has 2 amide bonds. The fourth-order valence-electron chi connectivity index (χ4n) is 2.48. The van der Waals surface area contributed by atoms with Gasteiger partial charge in [-0.3, -0.25) is 9.59 Å². The smallest absolute Gasteiger partial charge is 0.255 e. The zero-order valence-corrected chi connectivity index (χ0v) is 14.6. The topological polar surface area (TPSA) is 70.2 Å². The van der Waals surface area contributed by atoms with Crippen LogP contribution in [0.25, 0.3) is 0 Å². The summed E-state index contributed by atoms with van der Waals surface area (Å²) in [5.41, 5.74) is 2.66. The quantitative estimate of drug-likeness (QED) is 0.611. The number of hydrogen-bond acceptors (Lipinski definition) is 3. The van der Waals surface area contributed by atoms with Crippen LogP contribution in [0.5, 0.6) is 0 Å². The molecule has 6 heteroatoms. The largest absolute Gasteiger partial charge is 0.356 e. The van der Waals surface area contributed by atoms with Crippen LogP contribution in [0, 0.1) is 5.82 Å². The van der Waals surface area contributed by atoms with E-state index in [2.05, 4.69) is 16.0 Å². The maximum Gasteiger partial charge on any atom is 0.255 e. The molecule has 0 aliphatic rings. The van der Waals surface area contributed by atoms with Gasteiger partial charge in [0.1, 0.15) is 5.82 Å². The third-order valence-electron chi connectivity index (χ3n) is 3.74. The SMILES string of the molecule is CC(=O)Nc1cc(C(=O)Nc2ccc(Nc3ccccc3)cc2)ccc1F. The summed E-state index contributed by atoms with van der Waals surface area (Å²) >= 11 is 0. The third kappa shape index (κ3) is 4.92. The van der Waals surface area contributed by atoms with Gasteiger partial charge in [0.25, 0.3) is 5.91 Å². The Morgan fingerprint density at radius 1 is 0.778 bits per heavy atom. The predicted octanol–water partition coefficient (Wildman–Crippen LogP) is 4.78. The molecular weight excluding hydrogens is 345 g/mol. The van der Waals surface area contributed by atoms with E-state index < -0.39 is 17.6 Å². The van der Waals surface area contributed by atoms with E-state index in [4.69, 9.17) is 0 Å². The summed E-state index contributed by atoms with van der Waals surface area (Å²) in [5.74, 6) is -1.41. The Labute approximate surface area is 156 Å². The lowest BCUT2D eigenvalue weighted by molar-refractivity contribution is -0.114. The number of carbonyl (C=O) groups excluding carboxylic acids is 2. The highest BCUT2D eigenvalue weighted by Crippen LogP contribution is 2.20. The van der Waals surface area contributed by atoms with Gasteiger partial charge < -0.3 is 16.0 Å². The van der Waals surface area contributed by atoms with Gasteiger partial charge in [0.2, 0.25) is 5.91 Å². The second kappa shape index (κ2) is 8.14. The van der Waals surface area contributed by atoms with E-state index in [0.29, 0.717) is 5.69 Å². The molecule has 0 bridgehead atoms. The normalized spacial score (nSPS) is 10.1. The molecule has 0 saturated heterocycles. The Hall–Kier alpha value is -3.67. The molecule has 0 fully saturated rings. The zero-order chi connectivity index (χ0) is 19.2. The van der Waals surface area contributed by atoms with Crippen LogP contribution >= 0.6 is 0 Å². The summed E-state index contributed by atoms with van der Waals surface area (Å²) < 4.78 is 13.7. The summed E-state index contributed by atoms with van der Waals surface area (Å²) in [4.78, 5) is 23.5. The van der Waals surface area contributed by atoms with Gasteiger partial charge in [-0.1, -0.05) is 18.2 Å². The molecular formula is C21H18FN3O2. The van der Waals surface area contributed by atoms with Gasteiger partial charge in [0, 0.05) is 29.5 Å². The average Bonchev–Trinajstić information content (AvgIpc) is 2.65. The van der Waals surface area contributed by atoms with E-state index in [9.17, 15) is 14.0 Å². The Morgan fingerprint density at radius 2 is 1.41 bits per heavy atom. The van der Waals surface area contributed by atoms with Gasteiger partial charge in [-0.05, 0) is 54.6 Å². The van der Waals surface area contributed by atoms with E-state index in [1.165, 1.54) is 19.1 Å². The Bertz CT molecular complexity index is 957. The first-order chi connectivity index (χ1) is 13.0. The highest BCUT2D eigenvalue weighted by Gasteiger charge is 2.11. The van der Waals surface area contributed by atoms with Gasteiger partial charge in [0.05, 0.1) is 5.69 Å². The van der Waals surface area contributed by atoms with Crippen molar-refractivity contribution in [2.75, 3.05) is 16.0 Å². The van der Waals surface area contributed by atoms with Crippen LogP contribution in [0.4, 0.5) is 27.1 Å². The standard InChI is InChI=1S/C21H18FN3O2/c1-14(26)23-20-13-15(7-12-19(20)22)21(27)25-18-10-8-17(9-11-18)24-16-5-3-2-4-6-16/h2-13,24H,1H3,(H,23,26)(H,25,27).